The van der Waals surface area contributed by atoms with Gasteiger partial charge in [0.2, 0.25) is 0 Å². The molecule has 29 heavy (non-hydrogen) atoms. The molecule has 0 saturated carbocycles. The molecule has 0 bridgehead atoms. The summed E-state index contributed by atoms with van der Waals surface area (Å²) < 4.78 is 1.13. The Balaban J connectivity index is 1.57. The first kappa shape index (κ1) is 20.4. The van der Waals surface area contributed by atoms with E-state index in [0.717, 1.165) is 35.6 Å². The van der Waals surface area contributed by atoms with Gasteiger partial charge in [-0.05, 0) is 59.9 Å². The molecule has 0 fully saturated rings. The second-order valence-corrected chi connectivity index (χ2v) is 9.12. The van der Waals surface area contributed by atoms with Crippen LogP contribution in [0.1, 0.15) is 33.7 Å². The lowest BCUT2D eigenvalue weighted by Gasteiger charge is -2.24. The molecule has 1 aliphatic heterocycles. The van der Waals surface area contributed by atoms with Gasteiger partial charge < -0.3 is 0 Å². The predicted molar refractivity (Wildman–Crippen MR) is 128 cm³/mol. The van der Waals surface area contributed by atoms with Gasteiger partial charge in [0, 0.05) is 35.0 Å². The maximum atomic E-state index is 5.99. The first-order valence-corrected chi connectivity index (χ1v) is 11.2. The Kier molecular flexibility index (Phi) is 6.54. The van der Waals surface area contributed by atoms with E-state index in [1.54, 1.807) is 0 Å². The third-order valence-electron chi connectivity index (χ3n) is 5.63. The zero-order chi connectivity index (χ0) is 20.2. The summed E-state index contributed by atoms with van der Waals surface area (Å²) in [6.07, 6.45) is 5.55. The van der Waals surface area contributed by atoms with Gasteiger partial charge in [-0.15, -0.1) is 0 Å². The molecule has 1 heterocycles. The Hall–Kier alpha value is -1.87. The second-order valence-electron chi connectivity index (χ2n) is 7.77. The van der Waals surface area contributed by atoms with Crippen LogP contribution in [0, 0.1) is 6.92 Å². The van der Waals surface area contributed by atoms with E-state index in [-0.39, 0.29) is 0 Å². The number of benzene rings is 3. The van der Waals surface area contributed by atoms with E-state index in [1.807, 2.05) is 12.1 Å². The van der Waals surface area contributed by atoms with E-state index in [9.17, 15) is 0 Å². The summed E-state index contributed by atoms with van der Waals surface area (Å²) in [5.74, 6) is 0.393. The van der Waals surface area contributed by atoms with Gasteiger partial charge in [-0.1, -0.05) is 87.7 Å². The van der Waals surface area contributed by atoms with Crippen LogP contribution in [0.4, 0.5) is 0 Å². The number of hydrogen-bond acceptors (Lipinski definition) is 1. The SMILES string of the molecule is Cc1ccc2c(c1)C(c1ccc(Br)cc1)CN(C/C=C/c1ccc(Cl)cc1)CC2. The van der Waals surface area contributed by atoms with E-state index < -0.39 is 0 Å². The van der Waals surface area contributed by atoms with Crippen molar-refractivity contribution in [3.05, 3.63) is 110 Å². The highest BCUT2D eigenvalue weighted by molar-refractivity contribution is 9.10. The smallest absolute Gasteiger partial charge is 0.0406 e. The Labute approximate surface area is 187 Å². The predicted octanol–water partition coefficient (Wildman–Crippen LogP) is 7.11. The van der Waals surface area contributed by atoms with Crippen molar-refractivity contribution in [2.24, 2.45) is 0 Å². The highest BCUT2D eigenvalue weighted by atomic mass is 79.9. The van der Waals surface area contributed by atoms with Crippen molar-refractivity contribution in [1.82, 2.24) is 4.90 Å². The number of aryl methyl sites for hydroxylation is 1. The molecule has 3 aromatic rings. The topological polar surface area (TPSA) is 3.24 Å². The van der Waals surface area contributed by atoms with Gasteiger partial charge in [0.1, 0.15) is 0 Å². The zero-order valence-corrected chi connectivity index (χ0v) is 19.0. The monoisotopic (exact) mass is 465 g/mol. The van der Waals surface area contributed by atoms with Crippen LogP contribution < -0.4 is 0 Å². The van der Waals surface area contributed by atoms with Crippen LogP contribution in [0.5, 0.6) is 0 Å². The molecule has 0 N–H and O–H groups in total. The minimum Gasteiger partial charge on any atom is -0.298 e. The van der Waals surface area contributed by atoms with Crippen LogP contribution >= 0.6 is 27.5 Å². The summed E-state index contributed by atoms with van der Waals surface area (Å²) in [4.78, 5) is 2.56. The highest BCUT2D eigenvalue weighted by Gasteiger charge is 2.24. The average molecular weight is 467 g/mol. The van der Waals surface area contributed by atoms with Crippen LogP contribution in [0.25, 0.3) is 6.08 Å². The number of rotatable bonds is 4. The summed E-state index contributed by atoms with van der Waals surface area (Å²) >= 11 is 9.56. The molecule has 1 atom stereocenters. The minimum atomic E-state index is 0.393. The van der Waals surface area contributed by atoms with Gasteiger partial charge >= 0.3 is 0 Å². The van der Waals surface area contributed by atoms with Crippen LogP contribution in [0.15, 0.2) is 77.3 Å². The van der Waals surface area contributed by atoms with Gasteiger partial charge in [-0.3, -0.25) is 4.90 Å². The normalized spacial score (nSPS) is 17.3. The standard InChI is InChI=1S/C26H25BrClN/c1-19-4-7-22-14-16-29(15-2-3-20-5-12-24(28)13-6-20)18-26(25(22)17-19)21-8-10-23(27)11-9-21/h2-13,17,26H,14-16,18H2,1H3/b3-2+. The quantitative estimate of drug-likeness (QED) is 0.396. The minimum absolute atomic E-state index is 0.393. The lowest BCUT2D eigenvalue weighted by atomic mass is 9.87. The summed E-state index contributed by atoms with van der Waals surface area (Å²) in [7, 11) is 0. The van der Waals surface area contributed by atoms with Crippen LogP contribution in [0.3, 0.4) is 0 Å². The lowest BCUT2D eigenvalue weighted by molar-refractivity contribution is 0.306. The van der Waals surface area contributed by atoms with Crippen LogP contribution in [-0.2, 0) is 6.42 Å². The molecule has 3 heteroatoms. The molecule has 1 aliphatic rings. The second kappa shape index (κ2) is 9.30. The molecule has 0 spiro atoms. The zero-order valence-electron chi connectivity index (χ0n) is 16.6. The van der Waals surface area contributed by atoms with Gasteiger partial charge in [0.25, 0.3) is 0 Å². The number of hydrogen-bond donors (Lipinski definition) is 0. The molecule has 0 aliphatic carbocycles. The third kappa shape index (κ3) is 5.19. The molecule has 4 rings (SSSR count). The maximum Gasteiger partial charge on any atom is 0.0406 e. The largest absolute Gasteiger partial charge is 0.298 e. The summed E-state index contributed by atoms with van der Waals surface area (Å²) in [5.41, 5.74) is 6.87. The molecule has 3 aromatic carbocycles. The maximum absolute atomic E-state index is 5.99. The molecule has 1 unspecified atom stereocenters. The van der Waals surface area contributed by atoms with Gasteiger partial charge in [-0.25, -0.2) is 0 Å². The van der Waals surface area contributed by atoms with Gasteiger partial charge in [0.15, 0.2) is 0 Å². The van der Waals surface area contributed by atoms with Crippen LogP contribution in [-0.4, -0.2) is 24.5 Å². The van der Waals surface area contributed by atoms with Crippen molar-refractivity contribution in [2.75, 3.05) is 19.6 Å². The molecule has 0 saturated heterocycles. The fourth-order valence-corrected chi connectivity index (χ4v) is 4.44. The Morgan fingerprint density at radius 1 is 1.03 bits per heavy atom. The molecule has 0 radical (unpaired) electrons. The molecule has 0 aromatic heterocycles. The summed E-state index contributed by atoms with van der Waals surface area (Å²) in [5, 5.41) is 0.778. The third-order valence-corrected chi connectivity index (χ3v) is 6.41. The van der Waals surface area contributed by atoms with E-state index in [0.29, 0.717) is 5.92 Å². The first-order chi connectivity index (χ1) is 14.1. The Morgan fingerprint density at radius 2 is 1.79 bits per heavy atom. The lowest BCUT2D eigenvalue weighted by Crippen LogP contribution is -2.29. The summed E-state index contributed by atoms with van der Waals surface area (Å²) in [6.45, 7) is 5.25. The Bertz CT molecular complexity index is 992. The van der Waals surface area contributed by atoms with E-state index in [2.05, 4.69) is 94.5 Å². The van der Waals surface area contributed by atoms with E-state index in [4.69, 9.17) is 11.6 Å². The average Bonchev–Trinajstić information content (AvgIpc) is 2.90. The molecular formula is C26H25BrClN. The van der Waals surface area contributed by atoms with Crippen molar-refractivity contribution >= 4 is 33.6 Å². The fourth-order valence-electron chi connectivity index (χ4n) is 4.05. The van der Waals surface area contributed by atoms with Crippen molar-refractivity contribution in [3.8, 4) is 0 Å². The highest BCUT2D eigenvalue weighted by Crippen LogP contribution is 2.32. The van der Waals surface area contributed by atoms with Crippen molar-refractivity contribution in [3.63, 3.8) is 0 Å². The molecule has 0 amide bonds. The number of halogens is 2. The summed E-state index contributed by atoms with van der Waals surface area (Å²) in [6, 6.07) is 23.8. The van der Waals surface area contributed by atoms with Gasteiger partial charge in [-0.2, -0.15) is 0 Å². The number of fused-ring (bicyclic) bond motifs is 1. The van der Waals surface area contributed by atoms with Gasteiger partial charge in [0.05, 0.1) is 0 Å². The number of nitrogens with zero attached hydrogens (tertiary/aromatic N) is 1. The van der Waals surface area contributed by atoms with Crippen molar-refractivity contribution < 1.29 is 0 Å². The molecule has 1 nitrogen and oxygen atoms in total. The fraction of sp³-hybridized carbons (Fsp3) is 0.231. The van der Waals surface area contributed by atoms with E-state index >= 15 is 0 Å². The Morgan fingerprint density at radius 3 is 2.55 bits per heavy atom. The molecular weight excluding hydrogens is 442 g/mol. The first-order valence-electron chi connectivity index (χ1n) is 10.1. The van der Waals surface area contributed by atoms with Crippen molar-refractivity contribution in [1.29, 1.82) is 0 Å². The van der Waals surface area contributed by atoms with E-state index in [1.165, 1.54) is 27.8 Å². The van der Waals surface area contributed by atoms with Crippen LogP contribution in [0.2, 0.25) is 5.02 Å². The molecule has 148 valence electrons. The van der Waals surface area contributed by atoms with Crippen molar-refractivity contribution in [2.45, 2.75) is 19.3 Å².